The zero-order valence-electron chi connectivity index (χ0n) is 25.6. The van der Waals surface area contributed by atoms with Gasteiger partial charge in [0.05, 0.1) is 45.3 Å². The molecule has 0 spiro atoms. The highest BCUT2D eigenvalue weighted by atomic mass is 15.0. The molecule has 48 heavy (non-hydrogen) atoms. The van der Waals surface area contributed by atoms with E-state index in [0.29, 0.717) is 16.5 Å². The number of hydrogen-bond donors (Lipinski definition) is 0. The van der Waals surface area contributed by atoms with E-state index >= 15 is 0 Å². The normalized spacial score (nSPS) is 11.7. The number of fused-ring (bicyclic) bond motifs is 11. The molecule has 0 unspecified atom stereocenters. The minimum Gasteiger partial charge on any atom is -0.309 e. The highest BCUT2D eigenvalue weighted by Gasteiger charge is 2.18. The summed E-state index contributed by atoms with van der Waals surface area (Å²) < 4.78 is 4.59. The number of nitriles is 2. The highest BCUT2D eigenvalue weighted by Crippen LogP contribution is 2.40. The summed E-state index contributed by atoms with van der Waals surface area (Å²) in [6.07, 6.45) is 0. The first-order valence-corrected chi connectivity index (χ1v) is 16.0. The van der Waals surface area contributed by atoms with Crippen molar-refractivity contribution >= 4 is 75.9 Å². The van der Waals surface area contributed by atoms with E-state index in [0.717, 1.165) is 60.4 Å². The van der Waals surface area contributed by atoms with Crippen molar-refractivity contribution in [3.8, 4) is 23.5 Å². The van der Waals surface area contributed by atoms with Gasteiger partial charge in [-0.05, 0) is 87.6 Å². The smallest absolute Gasteiger partial charge is 0.0998 e. The highest BCUT2D eigenvalue weighted by molar-refractivity contribution is 6.24. The van der Waals surface area contributed by atoms with Crippen LogP contribution in [0.2, 0.25) is 0 Å². The third kappa shape index (κ3) is 3.52. The molecule has 2 aromatic heterocycles. The molecule has 4 nitrogen and oxygen atoms in total. The molecule has 0 saturated carbocycles. The average Bonchev–Trinajstić information content (AvgIpc) is 3.66. The first-order chi connectivity index (χ1) is 23.7. The lowest BCUT2D eigenvalue weighted by Crippen LogP contribution is -1.96. The quantitative estimate of drug-likeness (QED) is 0.183. The molecule has 0 saturated heterocycles. The van der Waals surface area contributed by atoms with Gasteiger partial charge in [-0.2, -0.15) is 10.5 Å². The number of benzene rings is 8. The van der Waals surface area contributed by atoms with E-state index in [1.165, 1.54) is 21.5 Å². The van der Waals surface area contributed by atoms with Crippen LogP contribution in [0.15, 0.2) is 146 Å². The van der Waals surface area contributed by atoms with Gasteiger partial charge in [0.25, 0.3) is 0 Å². The molecular formula is C44H24N4. The number of para-hydroxylation sites is 4. The molecule has 10 rings (SSSR count). The molecule has 0 amide bonds. The van der Waals surface area contributed by atoms with E-state index in [2.05, 4.69) is 155 Å². The fraction of sp³-hybridized carbons (Fsp3) is 0. The minimum atomic E-state index is 0.502. The van der Waals surface area contributed by atoms with Gasteiger partial charge in [0, 0.05) is 38.3 Å². The predicted octanol–water partition coefficient (Wildman–Crippen LogP) is 11.1. The zero-order chi connectivity index (χ0) is 31.9. The van der Waals surface area contributed by atoms with Gasteiger partial charge in [-0.25, -0.2) is 0 Å². The first kappa shape index (κ1) is 26.3. The van der Waals surface area contributed by atoms with E-state index < -0.39 is 0 Å². The Bertz CT molecular complexity index is 2780. The second kappa shape index (κ2) is 9.81. The summed E-state index contributed by atoms with van der Waals surface area (Å²) in [5.41, 5.74) is 7.59. The second-order valence-corrected chi connectivity index (χ2v) is 12.4. The van der Waals surface area contributed by atoms with E-state index in [1.54, 1.807) is 0 Å². The van der Waals surface area contributed by atoms with Crippen LogP contribution in [0.3, 0.4) is 0 Å². The van der Waals surface area contributed by atoms with Gasteiger partial charge in [0.2, 0.25) is 0 Å². The van der Waals surface area contributed by atoms with Crippen LogP contribution >= 0.6 is 0 Å². The third-order valence-electron chi connectivity index (χ3n) is 9.91. The molecule has 0 radical (unpaired) electrons. The molecule has 2 heterocycles. The van der Waals surface area contributed by atoms with Gasteiger partial charge in [-0.3, -0.25) is 0 Å². The van der Waals surface area contributed by atoms with Crippen LogP contribution in [-0.2, 0) is 0 Å². The van der Waals surface area contributed by atoms with Crippen LogP contribution in [0, 0.1) is 22.7 Å². The van der Waals surface area contributed by atoms with Gasteiger partial charge < -0.3 is 9.13 Å². The van der Waals surface area contributed by atoms with Crippen molar-refractivity contribution in [3.05, 3.63) is 157 Å². The lowest BCUT2D eigenvalue weighted by atomic mass is 9.90. The van der Waals surface area contributed by atoms with Crippen LogP contribution < -0.4 is 0 Å². The molecule has 0 bridgehead atoms. The molecule has 0 fully saturated rings. The molecule has 0 N–H and O–H groups in total. The zero-order valence-corrected chi connectivity index (χ0v) is 25.6. The van der Waals surface area contributed by atoms with Crippen molar-refractivity contribution in [2.24, 2.45) is 0 Å². The summed E-state index contributed by atoms with van der Waals surface area (Å²) in [5, 5.41) is 31.2. The fourth-order valence-electron chi connectivity index (χ4n) is 7.93. The maximum absolute atomic E-state index is 10.4. The van der Waals surface area contributed by atoms with Crippen molar-refractivity contribution in [1.29, 1.82) is 10.5 Å². The Hall–Kier alpha value is -6.88. The predicted molar refractivity (Wildman–Crippen MR) is 197 cm³/mol. The number of hydrogen-bond acceptors (Lipinski definition) is 2. The van der Waals surface area contributed by atoms with Gasteiger partial charge in [0.15, 0.2) is 0 Å². The van der Waals surface area contributed by atoms with E-state index in [1.807, 2.05) is 12.1 Å². The topological polar surface area (TPSA) is 57.4 Å². The largest absolute Gasteiger partial charge is 0.309 e. The Kier molecular flexibility index (Phi) is 5.38. The molecule has 8 aromatic carbocycles. The Balaban J connectivity index is 1.27. The van der Waals surface area contributed by atoms with Gasteiger partial charge >= 0.3 is 0 Å². The van der Waals surface area contributed by atoms with Crippen LogP contribution in [0.5, 0.6) is 0 Å². The van der Waals surface area contributed by atoms with Crippen molar-refractivity contribution in [2.75, 3.05) is 0 Å². The van der Waals surface area contributed by atoms with Crippen LogP contribution in [0.4, 0.5) is 0 Å². The SMILES string of the molecule is N#Cc1cc2cc(-n3c4ccccc4c4ccccc43)ccc2c2c1c(C#N)cc1cc(-n3c4ccccc4c4ccccc43)ccc12. The van der Waals surface area contributed by atoms with Gasteiger partial charge in [-0.1, -0.05) is 84.9 Å². The second-order valence-electron chi connectivity index (χ2n) is 12.4. The van der Waals surface area contributed by atoms with Crippen molar-refractivity contribution in [1.82, 2.24) is 9.13 Å². The Morgan fingerprint density at radius 3 is 1.06 bits per heavy atom. The average molecular weight is 609 g/mol. The van der Waals surface area contributed by atoms with Crippen molar-refractivity contribution < 1.29 is 0 Å². The van der Waals surface area contributed by atoms with E-state index in [9.17, 15) is 10.5 Å². The molecule has 0 aliphatic heterocycles. The van der Waals surface area contributed by atoms with E-state index in [4.69, 9.17) is 0 Å². The summed E-state index contributed by atoms with van der Waals surface area (Å²) in [6, 6.07) is 55.6. The summed E-state index contributed by atoms with van der Waals surface area (Å²) in [6.45, 7) is 0. The number of nitrogens with zero attached hydrogens (tertiary/aromatic N) is 4. The molecule has 0 aliphatic rings. The summed E-state index contributed by atoms with van der Waals surface area (Å²) >= 11 is 0. The molecule has 4 heteroatoms. The third-order valence-corrected chi connectivity index (χ3v) is 9.91. The summed E-state index contributed by atoms with van der Waals surface area (Å²) in [4.78, 5) is 0. The molecule has 0 aliphatic carbocycles. The first-order valence-electron chi connectivity index (χ1n) is 16.0. The Morgan fingerprint density at radius 2 is 0.708 bits per heavy atom. The molecule has 220 valence electrons. The Morgan fingerprint density at radius 1 is 0.354 bits per heavy atom. The van der Waals surface area contributed by atoms with Crippen LogP contribution in [0.1, 0.15) is 11.1 Å². The van der Waals surface area contributed by atoms with Crippen molar-refractivity contribution in [3.63, 3.8) is 0 Å². The lowest BCUT2D eigenvalue weighted by molar-refractivity contribution is 1.19. The van der Waals surface area contributed by atoms with Gasteiger partial charge in [0.1, 0.15) is 0 Å². The summed E-state index contributed by atoms with van der Waals surface area (Å²) in [5.74, 6) is 0. The molecule has 0 atom stereocenters. The lowest BCUT2D eigenvalue weighted by Gasteiger charge is -2.15. The minimum absolute atomic E-state index is 0.502. The maximum atomic E-state index is 10.4. The Labute approximate surface area is 275 Å². The van der Waals surface area contributed by atoms with Crippen LogP contribution in [0.25, 0.3) is 87.3 Å². The molecular weight excluding hydrogens is 585 g/mol. The van der Waals surface area contributed by atoms with Gasteiger partial charge in [-0.15, -0.1) is 0 Å². The standard InChI is InChI=1S/C44H24N4/c45-25-29-21-27-23-31(47-39-13-5-1-9-35(39)36-10-2-6-14-40(36)47)17-19-33(27)44-34-20-18-32(24-28(34)22-30(26-46)43(29)44)48-41-15-7-3-11-37(41)38-12-4-8-16-42(38)48/h1-24H. The van der Waals surface area contributed by atoms with Crippen LogP contribution in [-0.4, -0.2) is 9.13 Å². The maximum Gasteiger partial charge on any atom is 0.0998 e. The van der Waals surface area contributed by atoms with Crippen molar-refractivity contribution in [2.45, 2.75) is 0 Å². The molecule has 10 aromatic rings. The fourth-order valence-corrected chi connectivity index (χ4v) is 7.93. The number of rotatable bonds is 2. The van der Waals surface area contributed by atoms with E-state index in [-0.39, 0.29) is 0 Å². The number of aromatic nitrogens is 2. The monoisotopic (exact) mass is 608 g/mol. The summed E-state index contributed by atoms with van der Waals surface area (Å²) in [7, 11) is 0.